The lowest BCUT2D eigenvalue weighted by Gasteiger charge is -2.38. The highest BCUT2D eigenvalue weighted by Gasteiger charge is 2.39. The van der Waals surface area contributed by atoms with E-state index in [2.05, 4.69) is 0 Å². The molecule has 0 aliphatic heterocycles. The minimum atomic E-state index is -0.403. The molecule has 5 nitrogen and oxygen atoms in total. The zero-order valence-corrected chi connectivity index (χ0v) is 13.9. The number of hydrogen-bond donors (Lipinski definition) is 0. The summed E-state index contributed by atoms with van der Waals surface area (Å²) in [6.07, 6.45) is 3.08. The Hall–Kier alpha value is -2.04. The van der Waals surface area contributed by atoms with Crippen LogP contribution in [0.25, 0.3) is 0 Å². The van der Waals surface area contributed by atoms with E-state index in [4.69, 9.17) is 9.47 Å². The summed E-state index contributed by atoms with van der Waals surface area (Å²) in [5.74, 6) is -0.518. The number of amides is 1. The summed E-state index contributed by atoms with van der Waals surface area (Å²) in [7, 11) is 0. The van der Waals surface area contributed by atoms with Crippen LogP contribution in [0.2, 0.25) is 0 Å². The number of nitrogens with zero attached hydrogens (tertiary/aromatic N) is 1. The van der Waals surface area contributed by atoms with Gasteiger partial charge < -0.3 is 9.47 Å². The second-order valence-electron chi connectivity index (χ2n) is 5.61. The first kappa shape index (κ1) is 17.3. The standard InChI is InChI=1S/C18H25NO4/c1-3-22-17(20)15-12-8-9-13-16(15)19(18(21)23-4-2)14-10-6-5-7-11-14/h5-7,10-11,15-16H,3-4,8-9,12-13H2,1-2H3. The first-order chi connectivity index (χ1) is 11.2. The fourth-order valence-corrected chi connectivity index (χ4v) is 3.16. The van der Waals surface area contributed by atoms with E-state index in [1.54, 1.807) is 18.7 Å². The monoisotopic (exact) mass is 319 g/mol. The van der Waals surface area contributed by atoms with Crippen LogP contribution in [0.3, 0.4) is 0 Å². The number of esters is 1. The highest BCUT2D eigenvalue weighted by Crippen LogP contribution is 2.33. The smallest absolute Gasteiger partial charge is 0.414 e. The van der Waals surface area contributed by atoms with Crippen molar-refractivity contribution < 1.29 is 19.1 Å². The van der Waals surface area contributed by atoms with Gasteiger partial charge in [-0.15, -0.1) is 0 Å². The molecule has 5 heteroatoms. The van der Waals surface area contributed by atoms with Crippen LogP contribution in [-0.4, -0.2) is 31.3 Å². The van der Waals surface area contributed by atoms with Gasteiger partial charge in [-0.2, -0.15) is 0 Å². The first-order valence-corrected chi connectivity index (χ1v) is 8.36. The summed E-state index contributed by atoms with van der Waals surface area (Å²) >= 11 is 0. The van der Waals surface area contributed by atoms with Crippen molar-refractivity contribution in [1.29, 1.82) is 0 Å². The molecule has 0 radical (unpaired) electrons. The van der Waals surface area contributed by atoms with Gasteiger partial charge in [-0.3, -0.25) is 9.69 Å². The number of carbonyl (C=O) groups is 2. The lowest BCUT2D eigenvalue weighted by Crippen LogP contribution is -2.49. The van der Waals surface area contributed by atoms with E-state index in [0.29, 0.717) is 13.2 Å². The van der Waals surface area contributed by atoms with Gasteiger partial charge in [0.2, 0.25) is 0 Å². The third kappa shape index (κ3) is 4.24. The summed E-state index contributed by atoms with van der Waals surface area (Å²) in [6, 6.07) is 9.18. The molecule has 2 unspecified atom stereocenters. The van der Waals surface area contributed by atoms with Crippen LogP contribution in [-0.2, 0) is 14.3 Å². The number of para-hydroxylation sites is 1. The Morgan fingerprint density at radius 1 is 1.04 bits per heavy atom. The van der Waals surface area contributed by atoms with Crippen molar-refractivity contribution in [2.24, 2.45) is 5.92 Å². The van der Waals surface area contributed by atoms with Gasteiger partial charge in [0.15, 0.2) is 0 Å². The summed E-state index contributed by atoms with van der Waals surface area (Å²) in [4.78, 5) is 26.5. The maximum atomic E-state index is 12.5. The molecule has 2 atom stereocenters. The van der Waals surface area contributed by atoms with Crippen molar-refractivity contribution in [3.63, 3.8) is 0 Å². The molecular weight excluding hydrogens is 294 g/mol. The molecule has 1 aromatic carbocycles. The Morgan fingerprint density at radius 2 is 1.70 bits per heavy atom. The van der Waals surface area contributed by atoms with E-state index in [-0.39, 0.29) is 17.9 Å². The number of rotatable bonds is 5. The molecule has 1 aromatic rings. The third-order valence-electron chi connectivity index (χ3n) is 4.15. The number of carbonyl (C=O) groups excluding carboxylic acids is 2. The Balaban J connectivity index is 2.31. The molecule has 126 valence electrons. The number of ether oxygens (including phenoxy) is 2. The molecule has 0 N–H and O–H groups in total. The molecule has 0 bridgehead atoms. The summed E-state index contributed by atoms with van der Waals surface area (Å²) in [6.45, 7) is 4.24. The fourth-order valence-electron chi connectivity index (χ4n) is 3.16. The van der Waals surface area contributed by atoms with E-state index < -0.39 is 6.09 Å². The van der Waals surface area contributed by atoms with Gasteiger partial charge in [-0.05, 0) is 38.8 Å². The molecule has 1 amide bonds. The molecule has 23 heavy (non-hydrogen) atoms. The molecule has 0 saturated heterocycles. The first-order valence-electron chi connectivity index (χ1n) is 8.36. The van der Waals surface area contributed by atoms with Crippen molar-refractivity contribution in [1.82, 2.24) is 0 Å². The molecule has 1 aliphatic carbocycles. The normalized spacial score (nSPS) is 20.6. The number of anilines is 1. The van der Waals surface area contributed by atoms with E-state index in [9.17, 15) is 9.59 Å². The Labute approximate surface area is 137 Å². The zero-order valence-electron chi connectivity index (χ0n) is 13.9. The molecule has 1 saturated carbocycles. The van der Waals surface area contributed by atoms with Crippen LogP contribution < -0.4 is 4.90 Å². The Bertz CT molecular complexity index is 517. The zero-order chi connectivity index (χ0) is 16.7. The van der Waals surface area contributed by atoms with Gasteiger partial charge in [0.1, 0.15) is 0 Å². The van der Waals surface area contributed by atoms with Gasteiger partial charge in [0.05, 0.1) is 25.2 Å². The second-order valence-corrected chi connectivity index (χ2v) is 5.61. The maximum Gasteiger partial charge on any atom is 0.414 e. The Kier molecular flexibility index (Phi) is 6.44. The SMILES string of the molecule is CCOC(=O)C1CCCCC1N(C(=O)OCC)c1ccccc1. The lowest BCUT2D eigenvalue weighted by atomic mass is 9.83. The third-order valence-corrected chi connectivity index (χ3v) is 4.15. The second kappa shape index (κ2) is 8.56. The van der Waals surface area contributed by atoms with Crippen molar-refractivity contribution in [2.45, 2.75) is 45.6 Å². The minimum Gasteiger partial charge on any atom is -0.466 e. The topological polar surface area (TPSA) is 55.8 Å². The van der Waals surface area contributed by atoms with Crippen LogP contribution in [0.5, 0.6) is 0 Å². The van der Waals surface area contributed by atoms with Crippen LogP contribution in [0.15, 0.2) is 30.3 Å². The highest BCUT2D eigenvalue weighted by atomic mass is 16.6. The van der Waals surface area contributed by atoms with Gasteiger partial charge in [-0.1, -0.05) is 31.0 Å². The van der Waals surface area contributed by atoms with E-state index in [1.165, 1.54) is 0 Å². The average molecular weight is 319 g/mol. The van der Waals surface area contributed by atoms with Crippen molar-refractivity contribution in [3.8, 4) is 0 Å². The summed E-state index contributed by atoms with van der Waals surface area (Å²) in [5.41, 5.74) is 0.757. The number of benzene rings is 1. The highest BCUT2D eigenvalue weighted by molar-refractivity contribution is 5.89. The molecule has 0 heterocycles. The molecule has 1 aliphatic rings. The summed E-state index contributed by atoms with van der Waals surface area (Å²) in [5, 5.41) is 0. The van der Waals surface area contributed by atoms with Crippen LogP contribution in [0.4, 0.5) is 10.5 Å². The number of hydrogen-bond acceptors (Lipinski definition) is 4. The molecular formula is C18H25NO4. The average Bonchev–Trinajstić information content (AvgIpc) is 2.57. The summed E-state index contributed by atoms with van der Waals surface area (Å²) < 4.78 is 10.5. The fraction of sp³-hybridized carbons (Fsp3) is 0.556. The van der Waals surface area contributed by atoms with Crippen molar-refractivity contribution >= 4 is 17.7 Å². The maximum absolute atomic E-state index is 12.5. The van der Waals surface area contributed by atoms with Gasteiger partial charge in [-0.25, -0.2) is 4.79 Å². The van der Waals surface area contributed by atoms with Crippen LogP contribution in [0, 0.1) is 5.92 Å². The van der Waals surface area contributed by atoms with Gasteiger partial charge >= 0.3 is 12.1 Å². The molecule has 0 spiro atoms. The van der Waals surface area contributed by atoms with E-state index in [0.717, 1.165) is 31.4 Å². The van der Waals surface area contributed by atoms with E-state index >= 15 is 0 Å². The molecule has 0 aromatic heterocycles. The van der Waals surface area contributed by atoms with Crippen LogP contribution in [0.1, 0.15) is 39.5 Å². The Morgan fingerprint density at radius 3 is 2.35 bits per heavy atom. The quantitative estimate of drug-likeness (QED) is 0.775. The largest absolute Gasteiger partial charge is 0.466 e. The molecule has 1 fully saturated rings. The predicted octanol–water partition coefficient (Wildman–Crippen LogP) is 3.77. The molecule has 2 rings (SSSR count). The van der Waals surface area contributed by atoms with Crippen molar-refractivity contribution in [3.05, 3.63) is 30.3 Å². The lowest BCUT2D eigenvalue weighted by molar-refractivity contribution is -0.149. The van der Waals surface area contributed by atoms with Crippen molar-refractivity contribution in [2.75, 3.05) is 18.1 Å². The predicted molar refractivity (Wildman–Crippen MR) is 88.3 cm³/mol. The van der Waals surface area contributed by atoms with Crippen LogP contribution >= 0.6 is 0 Å². The van der Waals surface area contributed by atoms with E-state index in [1.807, 2.05) is 30.3 Å². The van der Waals surface area contributed by atoms with Gasteiger partial charge in [0, 0.05) is 5.69 Å². The van der Waals surface area contributed by atoms with Gasteiger partial charge in [0.25, 0.3) is 0 Å². The minimum absolute atomic E-state index is 0.218.